The molecule has 0 N–H and O–H groups in total. The highest BCUT2D eigenvalue weighted by Crippen LogP contribution is 2.50. The molecular formula is C41H30S. The molecule has 0 saturated heterocycles. The van der Waals surface area contributed by atoms with Crippen molar-refractivity contribution < 1.29 is 0 Å². The van der Waals surface area contributed by atoms with Crippen molar-refractivity contribution in [2.45, 2.75) is 25.7 Å². The number of fused-ring (bicyclic) bond motifs is 9. The van der Waals surface area contributed by atoms with Gasteiger partial charge in [0.05, 0.1) is 0 Å². The smallest absolute Gasteiger partial charge is 0.0434 e. The summed E-state index contributed by atoms with van der Waals surface area (Å²) in [4.78, 5) is 0. The summed E-state index contributed by atoms with van der Waals surface area (Å²) in [6, 6.07) is 36.2. The van der Waals surface area contributed by atoms with E-state index in [1.165, 1.54) is 81.0 Å². The molecular weight excluding hydrogens is 525 g/mol. The predicted octanol–water partition coefficient (Wildman–Crippen LogP) is 11.5. The molecule has 1 heteroatoms. The van der Waals surface area contributed by atoms with Crippen molar-refractivity contribution in [3.05, 3.63) is 155 Å². The van der Waals surface area contributed by atoms with Gasteiger partial charge in [0.15, 0.2) is 0 Å². The standard InChI is InChI=1S/C41H30S/c1-41(2)37-13-6-5-10-33(37)34-20-19-29(24-38(34)41)27-14-15-28-23-30(17-16-26(28)22-27)32-11-7-12-35-36-21-18-25-8-3-4-9-31(25)39(36)42-40(32)35/h3-22,24,28H,23H2,1-2H3. The van der Waals surface area contributed by atoms with E-state index in [0.29, 0.717) is 5.92 Å². The first-order valence-electron chi connectivity index (χ1n) is 14.9. The van der Waals surface area contributed by atoms with Gasteiger partial charge in [0.2, 0.25) is 0 Å². The summed E-state index contributed by atoms with van der Waals surface area (Å²) in [5.74, 6) is 0.411. The van der Waals surface area contributed by atoms with Gasteiger partial charge >= 0.3 is 0 Å². The van der Waals surface area contributed by atoms with Crippen LogP contribution in [0.4, 0.5) is 0 Å². The van der Waals surface area contributed by atoms with Crippen molar-refractivity contribution in [3.8, 4) is 11.1 Å². The summed E-state index contributed by atoms with van der Waals surface area (Å²) >= 11 is 1.95. The van der Waals surface area contributed by atoms with Crippen LogP contribution >= 0.6 is 11.3 Å². The summed E-state index contributed by atoms with van der Waals surface area (Å²) in [7, 11) is 0. The van der Waals surface area contributed by atoms with Crippen molar-refractivity contribution in [2.24, 2.45) is 5.92 Å². The van der Waals surface area contributed by atoms with Gasteiger partial charge in [-0.1, -0.05) is 135 Å². The number of hydrogen-bond acceptors (Lipinski definition) is 1. The molecule has 1 atom stereocenters. The summed E-state index contributed by atoms with van der Waals surface area (Å²) in [6.45, 7) is 4.72. The van der Waals surface area contributed by atoms with Crippen LogP contribution in [0.5, 0.6) is 0 Å². The zero-order chi connectivity index (χ0) is 28.0. The van der Waals surface area contributed by atoms with Gasteiger partial charge in [-0.15, -0.1) is 11.3 Å². The van der Waals surface area contributed by atoms with Gasteiger partial charge in [0, 0.05) is 31.5 Å². The van der Waals surface area contributed by atoms with Crippen LogP contribution < -0.4 is 0 Å². The first-order chi connectivity index (χ1) is 20.6. The maximum absolute atomic E-state index is 2.43. The van der Waals surface area contributed by atoms with E-state index in [1.54, 1.807) is 0 Å². The zero-order valence-corrected chi connectivity index (χ0v) is 24.6. The number of rotatable bonds is 2. The molecule has 9 rings (SSSR count). The van der Waals surface area contributed by atoms with E-state index >= 15 is 0 Å². The molecule has 3 aliphatic rings. The summed E-state index contributed by atoms with van der Waals surface area (Å²) < 4.78 is 2.80. The fourth-order valence-corrected chi connectivity index (χ4v) is 8.95. The van der Waals surface area contributed by atoms with E-state index in [2.05, 4.69) is 141 Å². The van der Waals surface area contributed by atoms with Crippen LogP contribution in [-0.4, -0.2) is 0 Å². The molecule has 1 aromatic heterocycles. The topological polar surface area (TPSA) is 0 Å². The largest absolute Gasteiger partial charge is 0.134 e. The third kappa shape index (κ3) is 3.41. The van der Waals surface area contributed by atoms with E-state index in [9.17, 15) is 0 Å². The molecule has 0 radical (unpaired) electrons. The molecule has 6 aromatic rings. The Morgan fingerprint density at radius 3 is 2.40 bits per heavy atom. The maximum atomic E-state index is 2.43. The van der Waals surface area contributed by atoms with Crippen LogP contribution in [0.3, 0.4) is 0 Å². The molecule has 0 saturated carbocycles. The first kappa shape index (κ1) is 24.2. The Balaban J connectivity index is 1.10. The third-order valence-electron chi connectivity index (χ3n) is 9.83. The quantitative estimate of drug-likeness (QED) is 0.200. The lowest BCUT2D eigenvalue weighted by atomic mass is 9.78. The van der Waals surface area contributed by atoms with Gasteiger partial charge in [0.1, 0.15) is 0 Å². The second kappa shape index (κ2) is 8.77. The Bertz CT molecular complexity index is 2240. The first-order valence-corrected chi connectivity index (χ1v) is 15.8. The van der Waals surface area contributed by atoms with Crippen molar-refractivity contribution in [2.75, 3.05) is 0 Å². The third-order valence-corrected chi connectivity index (χ3v) is 11.1. The molecule has 0 aliphatic heterocycles. The van der Waals surface area contributed by atoms with E-state index in [0.717, 1.165) is 6.42 Å². The second-order valence-corrected chi connectivity index (χ2v) is 13.5. The van der Waals surface area contributed by atoms with Crippen molar-refractivity contribution in [1.29, 1.82) is 0 Å². The van der Waals surface area contributed by atoms with Gasteiger partial charge in [-0.2, -0.15) is 0 Å². The second-order valence-electron chi connectivity index (χ2n) is 12.5. The number of hydrogen-bond donors (Lipinski definition) is 0. The molecule has 3 aliphatic carbocycles. The van der Waals surface area contributed by atoms with Crippen LogP contribution in [0, 0.1) is 5.92 Å². The summed E-state index contributed by atoms with van der Waals surface area (Å²) in [5, 5.41) is 5.41. The lowest BCUT2D eigenvalue weighted by Gasteiger charge is -2.26. The average molecular weight is 555 g/mol. The van der Waals surface area contributed by atoms with Crippen LogP contribution in [0.2, 0.25) is 0 Å². The van der Waals surface area contributed by atoms with Crippen molar-refractivity contribution in [1.82, 2.24) is 0 Å². The highest BCUT2D eigenvalue weighted by Gasteiger charge is 2.35. The van der Waals surface area contributed by atoms with Gasteiger partial charge in [0.25, 0.3) is 0 Å². The van der Waals surface area contributed by atoms with Crippen LogP contribution in [0.1, 0.15) is 42.5 Å². The van der Waals surface area contributed by atoms with Gasteiger partial charge in [-0.25, -0.2) is 0 Å². The van der Waals surface area contributed by atoms with Crippen LogP contribution in [0.25, 0.3) is 53.2 Å². The molecule has 1 heterocycles. The summed E-state index contributed by atoms with van der Waals surface area (Å²) in [5.41, 5.74) is 12.5. The highest BCUT2D eigenvalue weighted by atomic mass is 32.1. The Hall–Kier alpha value is -4.46. The Morgan fingerprint density at radius 1 is 0.667 bits per heavy atom. The van der Waals surface area contributed by atoms with Gasteiger partial charge < -0.3 is 0 Å². The molecule has 0 nitrogen and oxygen atoms in total. The zero-order valence-electron chi connectivity index (χ0n) is 23.8. The summed E-state index contributed by atoms with van der Waals surface area (Å²) in [6.07, 6.45) is 13.0. The van der Waals surface area contributed by atoms with E-state index in [4.69, 9.17) is 0 Å². The Labute approximate surface area is 250 Å². The molecule has 1 unspecified atom stereocenters. The molecule has 0 amide bonds. The molecule has 5 aromatic carbocycles. The van der Waals surface area contributed by atoms with Crippen LogP contribution in [0.15, 0.2) is 133 Å². The molecule has 200 valence electrons. The Morgan fingerprint density at radius 2 is 1.45 bits per heavy atom. The van der Waals surface area contributed by atoms with Crippen LogP contribution in [-0.2, 0) is 5.41 Å². The minimum Gasteiger partial charge on any atom is -0.134 e. The van der Waals surface area contributed by atoms with E-state index < -0.39 is 0 Å². The number of allylic oxidation sites excluding steroid dienone is 8. The van der Waals surface area contributed by atoms with Crippen molar-refractivity contribution >= 4 is 53.4 Å². The fraction of sp³-hybridized carbons (Fsp3) is 0.122. The number of benzene rings is 5. The lowest BCUT2D eigenvalue weighted by molar-refractivity contribution is 0.660. The van der Waals surface area contributed by atoms with E-state index in [-0.39, 0.29) is 5.41 Å². The normalized spacial score (nSPS) is 18.4. The molecule has 0 fully saturated rings. The SMILES string of the molecule is CC1(C)c2ccccc2-c2ccc(C3=CC4=CC=C(c5cccc6c5sc5c7ccccc7ccc65)CC4C=C3)cc21. The van der Waals surface area contributed by atoms with Gasteiger partial charge in [-0.05, 0) is 73.4 Å². The molecule has 0 bridgehead atoms. The Kier molecular flexibility index (Phi) is 5.05. The van der Waals surface area contributed by atoms with Gasteiger partial charge in [-0.3, -0.25) is 0 Å². The average Bonchev–Trinajstić information content (AvgIpc) is 3.53. The lowest BCUT2D eigenvalue weighted by Crippen LogP contribution is -2.15. The molecule has 42 heavy (non-hydrogen) atoms. The van der Waals surface area contributed by atoms with E-state index in [1.807, 2.05) is 11.3 Å². The highest BCUT2D eigenvalue weighted by molar-refractivity contribution is 7.27. The minimum absolute atomic E-state index is 0.0189. The predicted molar refractivity (Wildman–Crippen MR) is 182 cm³/mol. The minimum atomic E-state index is 0.0189. The monoisotopic (exact) mass is 554 g/mol. The number of thiophene rings is 1. The van der Waals surface area contributed by atoms with Crippen molar-refractivity contribution in [3.63, 3.8) is 0 Å². The maximum Gasteiger partial charge on any atom is 0.0434 e. The molecule has 0 spiro atoms. The fourth-order valence-electron chi connectivity index (χ4n) is 7.57.